The summed E-state index contributed by atoms with van der Waals surface area (Å²) >= 11 is 0. The molecule has 1 aromatic heterocycles. The molecule has 1 saturated heterocycles. The average Bonchev–Trinajstić information content (AvgIpc) is 3.37. The first-order valence-electron chi connectivity index (χ1n) is 10.4. The number of ether oxygens (including phenoxy) is 2. The van der Waals surface area contributed by atoms with Gasteiger partial charge in [0.1, 0.15) is 5.76 Å². The number of pyridine rings is 1. The molecule has 8 nitrogen and oxygen atoms in total. The van der Waals surface area contributed by atoms with Crippen LogP contribution in [0.1, 0.15) is 31.0 Å². The number of Topliss-reactive ketones (excluding diaryl/α,β-unsaturated/α-hetero) is 1. The lowest BCUT2D eigenvalue weighted by Crippen LogP contribution is -2.38. The van der Waals surface area contributed by atoms with Crippen LogP contribution in [0.5, 0.6) is 11.5 Å². The number of amides is 1. The Labute approximate surface area is 180 Å². The molecular formula is C23H25N3O5. The lowest BCUT2D eigenvalue weighted by atomic mass is 9.96. The lowest BCUT2D eigenvalue weighted by molar-refractivity contribution is -0.140. The zero-order valence-electron chi connectivity index (χ0n) is 17.6. The molecule has 0 saturated carbocycles. The number of aliphatic hydroxyl groups is 1. The summed E-state index contributed by atoms with van der Waals surface area (Å²) in [5.74, 6) is -0.487. The van der Waals surface area contributed by atoms with Crippen molar-refractivity contribution in [1.82, 2.24) is 14.8 Å². The molecule has 1 N–H and O–H groups in total. The van der Waals surface area contributed by atoms with E-state index in [1.807, 2.05) is 0 Å². The number of aliphatic hydroxyl groups excluding tert-OH is 1. The Morgan fingerprint density at radius 3 is 2.55 bits per heavy atom. The molecule has 4 rings (SSSR count). The second kappa shape index (κ2) is 8.77. The van der Waals surface area contributed by atoms with Gasteiger partial charge in [0, 0.05) is 31.0 Å². The van der Waals surface area contributed by atoms with Crippen LogP contribution in [0.25, 0.3) is 5.76 Å². The van der Waals surface area contributed by atoms with E-state index < -0.39 is 17.7 Å². The maximum Gasteiger partial charge on any atom is 0.295 e. The highest BCUT2D eigenvalue weighted by Crippen LogP contribution is 2.41. The predicted octanol–water partition coefficient (Wildman–Crippen LogP) is 2.57. The Balaban J connectivity index is 1.77. The van der Waals surface area contributed by atoms with Crippen LogP contribution >= 0.6 is 0 Å². The molecule has 0 radical (unpaired) electrons. The van der Waals surface area contributed by atoms with E-state index in [2.05, 4.69) is 23.7 Å². The molecule has 0 bridgehead atoms. The minimum atomic E-state index is -0.698. The Kier molecular flexibility index (Phi) is 5.90. The molecule has 31 heavy (non-hydrogen) atoms. The van der Waals surface area contributed by atoms with E-state index in [4.69, 9.17) is 9.47 Å². The number of likely N-dealkylation sites (tertiary alicyclic amines) is 1. The first kappa shape index (κ1) is 20.9. The molecule has 162 valence electrons. The molecule has 1 amide bonds. The molecule has 1 fully saturated rings. The summed E-state index contributed by atoms with van der Waals surface area (Å²) in [6.07, 6.45) is 3.22. The highest BCUT2D eigenvalue weighted by molar-refractivity contribution is 6.46. The Morgan fingerprint density at radius 2 is 1.84 bits per heavy atom. The van der Waals surface area contributed by atoms with Gasteiger partial charge in [-0.15, -0.1) is 0 Å². The molecule has 2 aliphatic rings. The van der Waals surface area contributed by atoms with Crippen LogP contribution in [0.4, 0.5) is 0 Å². The molecule has 8 heteroatoms. The number of nitrogens with zero attached hydrogens (tertiary/aromatic N) is 3. The van der Waals surface area contributed by atoms with Gasteiger partial charge in [0.05, 0.1) is 11.6 Å². The molecule has 1 unspecified atom stereocenters. The standard InChI is InChI=1S/C23H25N3O5/c1-3-25(4-2)11-12-26-20(15-7-9-24-10-8-15)19(22(28)23(26)29)21(27)16-5-6-17-18(13-16)31-14-30-17/h5-10,13,20,27H,3-4,11-12,14H2,1-2H3/b21-19-. The second-order valence-corrected chi connectivity index (χ2v) is 7.37. The number of ketones is 1. The predicted molar refractivity (Wildman–Crippen MR) is 114 cm³/mol. The van der Waals surface area contributed by atoms with Gasteiger partial charge in [-0.2, -0.15) is 0 Å². The number of rotatable bonds is 7. The van der Waals surface area contributed by atoms with Gasteiger partial charge >= 0.3 is 0 Å². The van der Waals surface area contributed by atoms with Crippen LogP contribution in [0.3, 0.4) is 0 Å². The SMILES string of the molecule is CCN(CC)CCN1C(=O)C(=O)/C(=C(\O)c2ccc3c(c2)OCO3)C1c1ccncc1. The van der Waals surface area contributed by atoms with Crippen molar-refractivity contribution >= 4 is 17.4 Å². The smallest absolute Gasteiger partial charge is 0.295 e. The third-order valence-corrected chi connectivity index (χ3v) is 5.76. The van der Waals surface area contributed by atoms with Crippen LogP contribution in [-0.2, 0) is 9.59 Å². The molecular weight excluding hydrogens is 398 g/mol. The lowest BCUT2D eigenvalue weighted by Gasteiger charge is -2.28. The third kappa shape index (κ3) is 3.86. The zero-order chi connectivity index (χ0) is 22.0. The van der Waals surface area contributed by atoms with Crippen molar-refractivity contribution in [1.29, 1.82) is 0 Å². The fourth-order valence-electron chi connectivity index (χ4n) is 3.99. The number of hydrogen-bond acceptors (Lipinski definition) is 7. The normalized spacial score (nSPS) is 19.5. The topological polar surface area (TPSA) is 92.2 Å². The summed E-state index contributed by atoms with van der Waals surface area (Å²) in [4.78, 5) is 33.8. The zero-order valence-corrected chi connectivity index (χ0v) is 17.6. The van der Waals surface area contributed by atoms with Crippen LogP contribution in [0.15, 0.2) is 48.3 Å². The highest BCUT2D eigenvalue weighted by atomic mass is 16.7. The van der Waals surface area contributed by atoms with Crippen LogP contribution in [0, 0.1) is 0 Å². The van der Waals surface area contributed by atoms with Crippen molar-refractivity contribution in [3.05, 3.63) is 59.4 Å². The van der Waals surface area contributed by atoms with Crippen molar-refractivity contribution in [2.75, 3.05) is 33.0 Å². The van der Waals surface area contributed by atoms with Crippen molar-refractivity contribution in [2.24, 2.45) is 0 Å². The largest absolute Gasteiger partial charge is 0.507 e. The van der Waals surface area contributed by atoms with Gasteiger partial charge in [0.15, 0.2) is 11.5 Å². The molecule has 1 aromatic carbocycles. The van der Waals surface area contributed by atoms with Gasteiger partial charge < -0.3 is 24.4 Å². The van der Waals surface area contributed by atoms with E-state index in [1.54, 1.807) is 42.7 Å². The van der Waals surface area contributed by atoms with Gasteiger partial charge in [0.25, 0.3) is 11.7 Å². The monoisotopic (exact) mass is 423 g/mol. The van der Waals surface area contributed by atoms with Crippen molar-refractivity contribution in [2.45, 2.75) is 19.9 Å². The summed E-state index contributed by atoms with van der Waals surface area (Å²) < 4.78 is 10.7. The first-order chi connectivity index (χ1) is 15.0. The number of carbonyl (C=O) groups excluding carboxylic acids is 2. The summed E-state index contributed by atoms with van der Waals surface area (Å²) in [5, 5.41) is 11.1. The molecule has 1 atom stereocenters. The first-order valence-corrected chi connectivity index (χ1v) is 10.4. The van der Waals surface area contributed by atoms with E-state index in [1.165, 1.54) is 4.90 Å². The Hall–Kier alpha value is -3.39. The number of hydrogen-bond donors (Lipinski definition) is 1. The number of aromatic nitrogens is 1. The number of likely N-dealkylation sites (N-methyl/N-ethyl adjacent to an activating group) is 1. The van der Waals surface area contributed by atoms with E-state index in [0.29, 0.717) is 30.2 Å². The van der Waals surface area contributed by atoms with Crippen LogP contribution < -0.4 is 9.47 Å². The highest BCUT2D eigenvalue weighted by Gasteiger charge is 2.46. The number of fused-ring (bicyclic) bond motifs is 1. The molecule has 2 aliphatic heterocycles. The van der Waals surface area contributed by atoms with Crippen molar-refractivity contribution < 1.29 is 24.2 Å². The van der Waals surface area contributed by atoms with E-state index in [0.717, 1.165) is 18.7 Å². The van der Waals surface area contributed by atoms with E-state index in [9.17, 15) is 14.7 Å². The van der Waals surface area contributed by atoms with E-state index in [-0.39, 0.29) is 18.1 Å². The number of benzene rings is 1. The van der Waals surface area contributed by atoms with Gasteiger partial charge in [0.2, 0.25) is 6.79 Å². The van der Waals surface area contributed by atoms with Gasteiger partial charge in [-0.3, -0.25) is 14.6 Å². The van der Waals surface area contributed by atoms with Gasteiger partial charge in [-0.25, -0.2) is 0 Å². The molecule has 0 aliphatic carbocycles. The minimum absolute atomic E-state index is 0.0645. The van der Waals surface area contributed by atoms with Crippen LogP contribution in [-0.4, -0.2) is 64.6 Å². The maximum absolute atomic E-state index is 13.0. The summed E-state index contributed by atoms with van der Waals surface area (Å²) in [6.45, 7) is 6.90. The van der Waals surface area contributed by atoms with Gasteiger partial charge in [-0.1, -0.05) is 13.8 Å². The average molecular weight is 423 g/mol. The van der Waals surface area contributed by atoms with E-state index >= 15 is 0 Å². The molecule has 0 spiro atoms. The fraction of sp³-hybridized carbons (Fsp3) is 0.348. The summed E-state index contributed by atoms with van der Waals surface area (Å²) in [7, 11) is 0. The van der Waals surface area contributed by atoms with Crippen LogP contribution in [0.2, 0.25) is 0 Å². The van der Waals surface area contributed by atoms with Crippen molar-refractivity contribution in [3.63, 3.8) is 0 Å². The molecule has 2 aromatic rings. The maximum atomic E-state index is 13.0. The van der Waals surface area contributed by atoms with Crippen molar-refractivity contribution in [3.8, 4) is 11.5 Å². The molecule has 3 heterocycles. The van der Waals surface area contributed by atoms with Gasteiger partial charge in [-0.05, 0) is 49.0 Å². The quantitative estimate of drug-likeness (QED) is 0.416. The summed E-state index contributed by atoms with van der Waals surface area (Å²) in [6, 6.07) is 7.77. The summed E-state index contributed by atoms with van der Waals surface area (Å²) in [5.41, 5.74) is 1.18. The second-order valence-electron chi connectivity index (χ2n) is 7.37. The number of carbonyl (C=O) groups is 2. The minimum Gasteiger partial charge on any atom is -0.507 e. The Bertz CT molecular complexity index is 1020. The Morgan fingerprint density at radius 1 is 1.13 bits per heavy atom. The fourth-order valence-corrected chi connectivity index (χ4v) is 3.99. The third-order valence-electron chi connectivity index (χ3n) is 5.76.